The molecule has 2 atom stereocenters. The van der Waals surface area contributed by atoms with Gasteiger partial charge in [-0.1, -0.05) is 30.3 Å². The third kappa shape index (κ3) is 2.11. The van der Waals surface area contributed by atoms with Crippen molar-refractivity contribution in [1.29, 1.82) is 0 Å². The van der Waals surface area contributed by atoms with Gasteiger partial charge in [0, 0.05) is 7.05 Å². The Morgan fingerprint density at radius 3 is 2.63 bits per heavy atom. The zero-order valence-electron chi connectivity index (χ0n) is 11.9. The molecule has 1 aromatic rings. The van der Waals surface area contributed by atoms with Crippen LogP contribution in [0.25, 0.3) is 0 Å². The van der Waals surface area contributed by atoms with Crippen LogP contribution in [0, 0.1) is 5.92 Å². The minimum Gasteiger partial charge on any atom is -0.465 e. The SMILES string of the molecule is CCOC(=O)C1C(C)=NN(C)C1(C)c1ccccc1. The number of hydrogen-bond donors (Lipinski definition) is 0. The van der Waals surface area contributed by atoms with E-state index in [9.17, 15) is 4.79 Å². The van der Waals surface area contributed by atoms with Gasteiger partial charge < -0.3 is 4.74 Å². The van der Waals surface area contributed by atoms with E-state index in [1.54, 1.807) is 0 Å². The van der Waals surface area contributed by atoms with Gasteiger partial charge in [-0.3, -0.25) is 9.80 Å². The predicted molar refractivity (Wildman–Crippen MR) is 74.8 cm³/mol. The van der Waals surface area contributed by atoms with E-state index in [1.807, 2.05) is 63.2 Å². The van der Waals surface area contributed by atoms with Gasteiger partial charge >= 0.3 is 5.97 Å². The normalized spacial score (nSPS) is 26.2. The molecule has 0 saturated carbocycles. The Balaban J connectivity index is 2.44. The fraction of sp³-hybridized carbons (Fsp3) is 0.467. The smallest absolute Gasteiger partial charge is 0.317 e. The van der Waals surface area contributed by atoms with Gasteiger partial charge in [0.05, 0.1) is 17.9 Å². The molecule has 4 nitrogen and oxygen atoms in total. The predicted octanol–water partition coefficient (Wildman–Crippen LogP) is 2.40. The molecule has 0 fully saturated rings. The molecule has 0 aromatic heterocycles. The van der Waals surface area contributed by atoms with Gasteiger partial charge in [-0.05, 0) is 26.3 Å². The van der Waals surface area contributed by atoms with E-state index in [0.717, 1.165) is 11.3 Å². The van der Waals surface area contributed by atoms with Crippen molar-refractivity contribution in [3.63, 3.8) is 0 Å². The van der Waals surface area contributed by atoms with E-state index >= 15 is 0 Å². The van der Waals surface area contributed by atoms with Crippen molar-refractivity contribution in [1.82, 2.24) is 5.01 Å². The van der Waals surface area contributed by atoms with Crippen LogP contribution < -0.4 is 0 Å². The van der Waals surface area contributed by atoms with Crippen LogP contribution in [0.2, 0.25) is 0 Å². The van der Waals surface area contributed by atoms with Gasteiger partial charge in [-0.15, -0.1) is 0 Å². The highest BCUT2D eigenvalue weighted by atomic mass is 16.5. The lowest BCUT2D eigenvalue weighted by molar-refractivity contribution is -0.149. The Hall–Kier alpha value is -1.84. The molecule has 1 heterocycles. The lowest BCUT2D eigenvalue weighted by atomic mass is 9.78. The number of carbonyl (C=O) groups is 1. The topological polar surface area (TPSA) is 41.9 Å². The summed E-state index contributed by atoms with van der Waals surface area (Å²) in [6.07, 6.45) is 0. The molecule has 0 amide bonds. The largest absolute Gasteiger partial charge is 0.465 e. The molecule has 0 N–H and O–H groups in total. The van der Waals surface area contributed by atoms with Gasteiger partial charge in [0.1, 0.15) is 5.92 Å². The third-order valence-electron chi connectivity index (χ3n) is 3.84. The molecule has 19 heavy (non-hydrogen) atoms. The molecule has 2 rings (SSSR count). The number of hydrazone groups is 1. The molecule has 1 aliphatic heterocycles. The molecule has 0 saturated heterocycles. The minimum atomic E-state index is -0.488. The zero-order valence-corrected chi connectivity index (χ0v) is 11.9. The summed E-state index contributed by atoms with van der Waals surface area (Å²) >= 11 is 0. The van der Waals surface area contributed by atoms with E-state index in [0.29, 0.717) is 6.61 Å². The quantitative estimate of drug-likeness (QED) is 0.784. The van der Waals surface area contributed by atoms with E-state index in [2.05, 4.69) is 5.10 Å². The number of hydrogen-bond acceptors (Lipinski definition) is 4. The first-order chi connectivity index (χ1) is 9.01. The first kappa shape index (κ1) is 13.6. The van der Waals surface area contributed by atoms with E-state index in [1.165, 1.54) is 0 Å². The van der Waals surface area contributed by atoms with Crippen molar-refractivity contribution in [3.8, 4) is 0 Å². The van der Waals surface area contributed by atoms with Crippen molar-refractivity contribution < 1.29 is 9.53 Å². The van der Waals surface area contributed by atoms with Gasteiger partial charge in [-0.2, -0.15) is 5.10 Å². The Labute approximate surface area is 114 Å². The van der Waals surface area contributed by atoms with Gasteiger partial charge in [0.25, 0.3) is 0 Å². The second kappa shape index (κ2) is 5.03. The van der Waals surface area contributed by atoms with Crippen molar-refractivity contribution in [3.05, 3.63) is 35.9 Å². The standard InChI is InChI=1S/C15H20N2O2/c1-5-19-14(18)13-11(2)16-17(4)15(13,3)12-9-7-6-8-10-12/h6-10,13H,5H2,1-4H3. The maximum absolute atomic E-state index is 12.3. The Morgan fingerprint density at radius 2 is 2.05 bits per heavy atom. The van der Waals surface area contributed by atoms with E-state index < -0.39 is 5.54 Å². The van der Waals surface area contributed by atoms with Crippen LogP contribution in [0.5, 0.6) is 0 Å². The highest BCUT2D eigenvalue weighted by molar-refractivity contribution is 6.03. The lowest BCUT2D eigenvalue weighted by Crippen LogP contribution is -2.45. The van der Waals surface area contributed by atoms with Crippen LogP contribution in [0.3, 0.4) is 0 Å². The minimum absolute atomic E-state index is 0.209. The lowest BCUT2D eigenvalue weighted by Gasteiger charge is -2.36. The second-order valence-corrected chi connectivity index (χ2v) is 4.96. The highest BCUT2D eigenvalue weighted by Gasteiger charge is 2.50. The Morgan fingerprint density at radius 1 is 1.42 bits per heavy atom. The van der Waals surface area contributed by atoms with Gasteiger partial charge in [-0.25, -0.2) is 0 Å². The summed E-state index contributed by atoms with van der Waals surface area (Å²) in [5, 5.41) is 6.31. The molecule has 0 radical (unpaired) electrons. The highest BCUT2D eigenvalue weighted by Crippen LogP contribution is 2.41. The maximum atomic E-state index is 12.3. The summed E-state index contributed by atoms with van der Waals surface area (Å²) in [5.41, 5.74) is 1.38. The van der Waals surface area contributed by atoms with Crippen LogP contribution in [0.15, 0.2) is 35.4 Å². The second-order valence-electron chi connectivity index (χ2n) is 4.96. The average molecular weight is 260 g/mol. The molecule has 1 aliphatic rings. The number of rotatable bonds is 3. The number of esters is 1. The molecule has 2 unspecified atom stereocenters. The summed E-state index contributed by atoms with van der Waals surface area (Å²) in [6.45, 7) is 6.12. The maximum Gasteiger partial charge on any atom is 0.317 e. The molecule has 0 aliphatic carbocycles. The molecule has 4 heteroatoms. The zero-order chi connectivity index (χ0) is 14.0. The fourth-order valence-electron chi connectivity index (χ4n) is 2.75. The molecule has 0 spiro atoms. The summed E-state index contributed by atoms with van der Waals surface area (Å²) < 4.78 is 5.22. The Kier molecular flexibility index (Phi) is 3.60. The van der Waals surface area contributed by atoms with Crippen LogP contribution in [-0.4, -0.2) is 30.3 Å². The number of nitrogens with zero attached hydrogens (tertiary/aromatic N) is 2. The van der Waals surface area contributed by atoms with Crippen LogP contribution in [-0.2, 0) is 15.1 Å². The number of ether oxygens (including phenoxy) is 1. The van der Waals surface area contributed by atoms with E-state index in [4.69, 9.17) is 4.74 Å². The van der Waals surface area contributed by atoms with Crippen molar-refractivity contribution in [2.75, 3.05) is 13.7 Å². The van der Waals surface area contributed by atoms with Crippen LogP contribution in [0.4, 0.5) is 0 Å². The Bertz CT molecular complexity index is 498. The fourth-order valence-corrected chi connectivity index (χ4v) is 2.75. The van der Waals surface area contributed by atoms with Crippen LogP contribution in [0.1, 0.15) is 26.3 Å². The summed E-state index contributed by atoms with van der Waals surface area (Å²) in [4.78, 5) is 12.3. The number of benzene rings is 1. The number of carbonyl (C=O) groups excluding carboxylic acids is 1. The summed E-state index contributed by atoms with van der Waals surface area (Å²) in [7, 11) is 1.90. The molecular formula is C15H20N2O2. The van der Waals surface area contributed by atoms with E-state index in [-0.39, 0.29) is 11.9 Å². The first-order valence-electron chi connectivity index (χ1n) is 6.53. The average Bonchev–Trinajstić information content (AvgIpc) is 2.62. The molecule has 1 aromatic carbocycles. The summed E-state index contributed by atoms with van der Waals surface area (Å²) in [5.74, 6) is -0.570. The van der Waals surface area contributed by atoms with Gasteiger partial charge in [0.15, 0.2) is 0 Å². The monoisotopic (exact) mass is 260 g/mol. The summed E-state index contributed by atoms with van der Waals surface area (Å²) in [6, 6.07) is 9.97. The van der Waals surface area contributed by atoms with Gasteiger partial charge in [0.2, 0.25) is 0 Å². The van der Waals surface area contributed by atoms with Crippen LogP contribution >= 0.6 is 0 Å². The third-order valence-corrected chi connectivity index (χ3v) is 3.84. The molecular weight excluding hydrogens is 240 g/mol. The molecule has 102 valence electrons. The molecule has 0 bridgehead atoms. The van der Waals surface area contributed by atoms with Crippen molar-refractivity contribution in [2.24, 2.45) is 11.0 Å². The van der Waals surface area contributed by atoms with Crippen molar-refractivity contribution >= 4 is 11.7 Å². The first-order valence-corrected chi connectivity index (χ1v) is 6.53. The van der Waals surface area contributed by atoms with Crippen molar-refractivity contribution in [2.45, 2.75) is 26.3 Å².